The Kier molecular flexibility index (Phi) is 5.32. The van der Waals surface area contributed by atoms with Crippen molar-refractivity contribution in [2.75, 3.05) is 40.0 Å². The van der Waals surface area contributed by atoms with Crippen LogP contribution in [0.5, 0.6) is 11.5 Å². The zero-order valence-corrected chi connectivity index (χ0v) is 16.2. The van der Waals surface area contributed by atoms with Gasteiger partial charge in [-0.3, -0.25) is 4.99 Å². The number of pyridine rings is 1. The summed E-state index contributed by atoms with van der Waals surface area (Å²) in [5.41, 5.74) is 6.54. The molecule has 0 saturated heterocycles. The average molecular weight is 371 g/mol. The van der Waals surface area contributed by atoms with E-state index in [0.29, 0.717) is 16.7 Å². The van der Waals surface area contributed by atoms with Gasteiger partial charge in [0.15, 0.2) is 16.3 Å². The highest BCUT2D eigenvalue weighted by atomic mass is 32.2. The van der Waals surface area contributed by atoms with Gasteiger partial charge in [-0.25, -0.2) is 14.6 Å². The zero-order chi connectivity index (χ0) is 18.7. The third-order valence-corrected chi connectivity index (χ3v) is 4.58. The summed E-state index contributed by atoms with van der Waals surface area (Å²) in [7, 11) is 6.86. The summed E-state index contributed by atoms with van der Waals surface area (Å²) in [5, 5.41) is 1.61. The maximum atomic E-state index is 5.41. The van der Waals surface area contributed by atoms with Crippen LogP contribution in [-0.4, -0.2) is 49.2 Å². The lowest BCUT2D eigenvalue weighted by atomic mass is 10.1. The molecule has 0 aliphatic heterocycles. The number of methoxy groups -OCH3 is 2. The molecule has 26 heavy (non-hydrogen) atoms. The molecule has 3 aromatic rings. The van der Waals surface area contributed by atoms with E-state index in [9.17, 15) is 0 Å². The lowest BCUT2D eigenvalue weighted by Gasteiger charge is -2.15. The van der Waals surface area contributed by atoms with Crippen LogP contribution < -0.4 is 20.4 Å². The molecule has 0 saturated carbocycles. The van der Waals surface area contributed by atoms with E-state index in [2.05, 4.69) is 20.4 Å². The third-order valence-electron chi connectivity index (χ3n) is 4.02. The first-order chi connectivity index (χ1) is 12.6. The Labute approximate surface area is 156 Å². The SMILES string of the molecule is C/N=c1/c(-c2cc(OC)cc(OC)c2)cc2cnc(SC)nc2n1NC. The van der Waals surface area contributed by atoms with E-state index in [0.717, 1.165) is 27.6 Å². The summed E-state index contributed by atoms with van der Waals surface area (Å²) in [4.78, 5) is 13.5. The molecule has 8 heteroatoms. The molecule has 0 atom stereocenters. The molecule has 0 fully saturated rings. The van der Waals surface area contributed by atoms with Crippen LogP contribution in [0.1, 0.15) is 0 Å². The second-order valence-electron chi connectivity index (χ2n) is 5.40. The Bertz CT molecular complexity index is 994. The summed E-state index contributed by atoms with van der Waals surface area (Å²) in [6.45, 7) is 0. The first-order valence-corrected chi connectivity index (χ1v) is 9.18. The normalized spacial score (nSPS) is 11.7. The summed E-state index contributed by atoms with van der Waals surface area (Å²) in [6, 6.07) is 7.78. The number of ether oxygens (including phenoxy) is 2. The number of hydrogen-bond acceptors (Lipinski definition) is 7. The van der Waals surface area contributed by atoms with Gasteiger partial charge in [0.2, 0.25) is 0 Å². The molecule has 1 N–H and O–H groups in total. The van der Waals surface area contributed by atoms with Crippen LogP contribution in [0.3, 0.4) is 0 Å². The smallest absolute Gasteiger partial charge is 0.189 e. The minimum Gasteiger partial charge on any atom is -0.497 e. The van der Waals surface area contributed by atoms with Crippen molar-refractivity contribution in [2.45, 2.75) is 5.16 Å². The van der Waals surface area contributed by atoms with Crippen molar-refractivity contribution in [1.29, 1.82) is 0 Å². The lowest BCUT2D eigenvalue weighted by Crippen LogP contribution is -2.30. The largest absolute Gasteiger partial charge is 0.497 e. The van der Waals surface area contributed by atoms with Gasteiger partial charge in [0, 0.05) is 37.3 Å². The average Bonchev–Trinajstić information content (AvgIpc) is 2.71. The summed E-state index contributed by atoms with van der Waals surface area (Å²) < 4.78 is 12.7. The fourth-order valence-corrected chi connectivity index (χ4v) is 3.13. The van der Waals surface area contributed by atoms with Gasteiger partial charge in [0.1, 0.15) is 11.5 Å². The van der Waals surface area contributed by atoms with Crippen molar-refractivity contribution in [3.05, 3.63) is 36.0 Å². The topological polar surface area (TPSA) is 73.6 Å². The molecule has 136 valence electrons. The molecule has 0 bridgehead atoms. The third kappa shape index (κ3) is 3.20. The predicted octanol–water partition coefficient (Wildman–Crippen LogP) is 2.54. The van der Waals surface area contributed by atoms with Crippen molar-refractivity contribution >= 4 is 22.8 Å². The Morgan fingerprint density at radius 3 is 2.35 bits per heavy atom. The van der Waals surface area contributed by atoms with Gasteiger partial charge in [-0.05, 0) is 30.0 Å². The van der Waals surface area contributed by atoms with E-state index in [1.807, 2.05) is 48.4 Å². The Morgan fingerprint density at radius 1 is 1.12 bits per heavy atom. The molecule has 2 heterocycles. The van der Waals surface area contributed by atoms with Crippen LogP contribution in [-0.2, 0) is 0 Å². The van der Waals surface area contributed by atoms with Crippen LogP contribution in [0.25, 0.3) is 22.2 Å². The van der Waals surface area contributed by atoms with Gasteiger partial charge < -0.3 is 14.9 Å². The maximum Gasteiger partial charge on any atom is 0.189 e. The Balaban J connectivity index is 2.37. The number of thioether (sulfide) groups is 1. The molecule has 0 radical (unpaired) electrons. The number of hydrogen-bond donors (Lipinski definition) is 1. The van der Waals surface area contributed by atoms with E-state index in [1.165, 1.54) is 11.8 Å². The van der Waals surface area contributed by atoms with Crippen molar-refractivity contribution in [3.8, 4) is 22.6 Å². The van der Waals surface area contributed by atoms with Crippen LogP contribution in [0.2, 0.25) is 0 Å². The molecule has 2 aromatic heterocycles. The number of rotatable bonds is 5. The first kappa shape index (κ1) is 18.1. The monoisotopic (exact) mass is 371 g/mol. The van der Waals surface area contributed by atoms with E-state index in [4.69, 9.17) is 9.47 Å². The predicted molar refractivity (Wildman–Crippen MR) is 105 cm³/mol. The van der Waals surface area contributed by atoms with Crippen molar-refractivity contribution in [2.24, 2.45) is 4.99 Å². The van der Waals surface area contributed by atoms with Gasteiger partial charge in [0.25, 0.3) is 0 Å². The van der Waals surface area contributed by atoms with Crippen LogP contribution in [0, 0.1) is 0 Å². The number of fused-ring (bicyclic) bond motifs is 1. The highest BCUT2D eigenvalue weighted by molar-refractivity contribution is 7.98. The fraction of sp³-hybridized carbons (Fsp3) is 0.278. The van der Waals surface area contributed by atoms with Crippen LogP contribution in [0.15, 0.2) is 40.6 Å². The van der Waals surface area contributed by atoms with E-state index < -0.39 is 0 Å². The highest BCUT2D eigenvalue weighted by Crippen LogP contribution is 2.29. The second-order valence-corrected chi connectivity index (χ2v) is 6.17. The molecular formula is C18H21N5O2S. The van der Waals surface area contributed by atoms with Crippen molar-refractivity contribution in [3.63, 3.8) is 0 Å². The highest BCUT2D eigenvalue weighted by Gasteiger charge is 2.13. The summed E-state index contributed by atoms with van der Waals surface area (Å²) in [6.07, 6.45) is 3.77. The molecule has 7 nitrogen and oxygen atoms in total. The summed E-state index contributed by atoms with van der Waals surface area (Å²) in [5.74, 6) is 1.43. The Hall–Kier alpha value is -2.74. The molecule has 0 unspecified atom stereocenters. The minimum atomic E-state index is 0.708. The lowest BCUT2D eigenvalue weighted by molar-refractivity contribution is 0.394. The molecule has 0 aliphatic carbocycles. The number of aromatic nitrogens is 3. The summed E-state index contributed by atoms with van der Waals surface area (Å²) >= 11 is 1.50. The first-order valence-electron chi connectivity index (χ1n) is 7.96. The molecule has 0 amide bonds. The van der Waals surface area contributed by atoms with E-state index in [1.54, 1.807) is 21.3 Å². The quantitative estimate of drug-likeness (QED) is 0.549. The van der Waals surface area contributed by atoms with E-state index in [-0.39, 0.29) is 0 Å². The Morgan fingerprint density at radius 2 is 1.81 bits per heavy atom. The van der Waals surface area contributed by atoms with Crippen molar-refractivity contribution < 1.29 is 9.47 Å². The van der Waals surface area contributed by atoms with Gasteiger partial charge in [0.05, 0.1) is 14.2 Å². The zero-order valence-electron chi connectivity index (χ0n) is 15.4. The molecular weight excluding hydrogens is 350 g/mol. The van der Waals surface area contributed by atoms with Gasteiger partial charge >= 0.3 is 0 Å². The van der Waals surface area contributed by atoms with Gasteiger partial charge in [-0.1, -0.05) is 11.8 Å². The molecule has 0 spiro atoms. The van der Waals surface area contributed by atoms with E-state index >= 15 is 0 Å². The number of benzene rings is 1. The van der Waals surface area contributed by atoms with Gasteiger partial charge in [-0.15, -0.1) is 0 Å². The molecule has 3 rings (SSSR count). The second kappa shape index (κ2) is 7.65. The maximum absolute atomic E-state index is 5.41. The minimum absolute atomic E-state index is 0.708. The molecule has 0 aliphatic rings. The van der Waals surface area contributed by atoms with Gasteiger partial charge in [-0.2, -0.15) is 0 Å². The standard InChI is InChI=1S/C18H21N5O2S/c1-19-17-15(11-6-13(24-3)9-14(7-11)25-4)8-12-10-21-18(26-5)22-16(12)23(17)20-2/h6-10,20H,1-5H3/b19-17-. The number of nitrogens with zero attached hydrogens (tertiary/aromatic N) is 4. The molecule has 1 aromatic carbocycles. The van der Waals surface area contributed by atoms with Crippen molar-refractivity contribution in [1.82, 2.24) is 14.6 Å². The van der Waals surface area contributed by atoms with Crippen LogP contribution in [0.4, 0.5) is 0 Å². The number of nitrogens with one attached hydrogen (secondary N) is 1. The fourth-order valence-electron chi connectivity index (χ4n) is 2.79. The van der Waals surface area contributed by atoms with Crippen LogP contribution >= 0.6 is 11.8 Å².